The maximum Gasteiger partial charge on any atom is 0.348 e. The fraction of sp³-hybridized carbons (Fsp3) is 0.765. The zero-order valence-corrected chi connectivity index (χ0v) is 28.7. The first-order valence-corrected chi connectivity index (χ1v) is 16.8. The topological polar surface area (TPSA) is 245 Å². The van der Waals surface area contributed by atoms with E-state index >= 15 is 0 Å². The van der Waals surface area contributed by atoms with E-state index in [4.69, 9.17) is 28.4 Å². The largest absolute Gasteiger partial charge is 0.467 e. The number of rotatable bonds is 7. The van der Waals surface area contributed by atoms with Crippen LogP contribution in [0.3, 0.4) is 0 Å². The molecule has 0 aromatic heterocycles. The second-order valence-electron chi connectivity index (χ2n) is 15.1. The number of aliphatic hydroxyl groups excluding tert-OH is 6. The third-order valence-corrected chi connectivity index (χ3v) is 12.4. The summed E-state index contributed by atoms with van der Waals surface area (Å²) in [6.07, 6.45) is -13.7. The van der Waals surface area contributed by atoms with Crippen molar-refractivity contribution < 1.29 is 78.2 Å². The first-order valence-electron chi connectivity index (χ1n) is 16.8. The highest BCUT2D eigenvalue weighted by molar-refractivity contribution is 5.96. The van der Waals surface area contributed by atoms with Crippen LogP contribution in [0.1, 0.15) is 47.5 Å². The van der Waals surface area contributed by atoms with Crippen molar-refractivity contribution >= 4 is 23.7 Å². The van der Waals surface area contributed by atoms with Crippen LogP contribution in [0.15, 0.2) is 23.0 Å². The van der Waals surface area contributed by atoms with Crippen LogP contribution >= 0.6 is 0 Å². The van der Waals surface area contributed by atoms with Gasteiger partial charge >= 0.3 is 17.9 Å². The molecule has 16 nitrogen and oxygen atoms in total. The molecular formula is C34H46O16. The minimum Gasteiger partial charge on any atom is -0.467 e. The van der Waals surface area contributed by atoms with Crippen molar-refractivity contribution in [1.29, 1.82) is 0 Å². The van der Waals surface area contributed by atoms with Crippen LogP contribution in [0.4, 0.5) is 0 Å². The first-order chi connectivity index (χ1) is 23.4. The molecular weight excluding hydrogens is 664 g/mol. The van der Waals surface area contributed by atoms with Crippen LogP contribution in [0.2, 0.25) is 0 Å². The van der Waals surface area contributed by atoms with E-state index in [0.717, 1.165) is 7.11 Å². The number of aliphatic hydroxyl groups is 6. The van der Waals surface area contributed by atoms with Gasteiger partial charge in [0, 0.05) is 23.8 Å². The van der Waals surface area contributed by atoms with Crippen LogP contribution in [-0.2, 0) is 47.6 Å². The number of carbonyl (C=O) groups is 4. The zero-order chi connectivity index (χ0) is 36.8. The van der Waals surface area contributed by atoms with Crippen molar-refractivity contribution in [3.63, 3.8) is 0 Å². The zero-order valence-electron chi connectivity index (χ0n) is 28.7. The van der Waals surface area contributed by atoms with Gasteiger partial charge in [-0.05, 0) is 43.1 Å². The SMILES string of the molecule is COC(=O)C12OCC34C(CC5C(C)=C(OC6OC(CO)C(O)C(O)C6O)C(=O)CC5(C)C3C(O)C1O)OC(=O)C(OC(=O)/C=C(\C)C(C)C)C24. The van der Waals surface area contributed by atoms with Crippen LogP contribution < -0.4 is 0 Å². The standard InChI is InChI=1S/C34H46O16/c1-12(2)13(3)7-19(37)49-25-27-33-11-46-34(27,31(44)45-6)28(42)23(41)26(33)32(5)9-16(36)24(14(4)15(32)8-18(33)48-29(25)43)50-30-22(40)21(39)20(38)17(10-35)47-30/h7,12,15,17-18,20-23,25-28,30,35,38-42H,8-11H2,1-6H3/b13-7+. The summed E-state index contributed by atoms with van der Waals surface area (Å²) in [4.78, 5) is 54.6. The molecule has 2 saturated carbocycles. The third-order valence-electron chi connectivity index (χ3n) is 12.4. The van der Waals surface area contributed by atoms with Crippen molar-refractivity contribution in [2.45, 2.75) is 108 Å². The number of hydrogen-bond acceptors (Lipinski definition) is 16. The predicted molar refractivity (Wildman–Crippen MR) is 164 cm³/mol. The molecule has 5 fully saturated rings. The molecule has 0 aromatic carbocycles. The van der Waals surface area contributed by atoms with E-state index in [1.54, 1.807) is 20.8 Å². The smallest absolute Gasteiger partial charge is 0.348 e. The third kappa shape index (κ3) is 4.94. The Morgan fingerprint density at radius 2 is 1.72 bits per heavy atom. The second-order valence-corrected chi connectivity index (χ2v) is 15.1. The summed E-state index contributed by atoms with van der Waals surface area (Å²) in [6.45, 7) is 7.74. The molecule has 278 valence electrons. The van der Waals surface area contributed by atoms with Gasteiger partial charge in [-0.25, -0.2) is 14.4 Å². The van der Waals surface area contributed by atoms with Crippen LogP contribution in [0.5, 0.6) is 0 Å². The molecule has 15 atom stereocenters. The second kappa shape index (κ2) is 12.6. The number of carbonyl (C=O) groups excluding carboxylic acids is 4. The lowest BCUT2D eigenvalue weighted by Crippen LogP contribution is -2.79. The van der Waals surface area contributed by atoms with Crippen LogP contribution in [0.25, 0.3) is 0 Å². The Kier molecular flexibility index (Phi) is 9.29. The maximum absolute atomic E-state index is 14.0. The number of ether oxygens (including phenoxy) is 6. The van der Waals surface area contributed by atoms with Gasteiger partial charge in [0.15, 0.2) is 11.5 Å². The fourth-order valence-electron chi connectivity index (χ4n) is 9.80. The number of methoxy groups -OCH3 is 1. The van der Waals surface area contributed by atoms with E-state index in [1.807, 2.05) is 13.8 Å². The Hall–Kier alpha value is -2.96. The van der Waals surface area contributed by atoms with Crippen molar-refractivity contribution in [3.05, 3.63) is 23.0 Å². The number of allylic oxidation sites excluding steroid dienone is 3. The maximum atomic E-state index is 14.0. The van der Waals surface area contributed by atoms with Gasteiger partial charge in [-0.3, -0.25) is 4.79 Å². The van der Waals surface area contributed by atoms with E-state index in [0.29, 0.717) is 11.1 Å². The van der Waals surface area contributed by atoms with Gasteiger partial charge in [-0.1, -0.05) is 26.3 Å². The van der Waals surface area contributed by atoms with E-state index in [-0.39, 0.29) is 31.1 Å². The molecule has 15 unspecified atom stereocenters. The lowest BCUT2D eigenvalue weighted by atomic mass is 9.38. The van der Waals surface area contributed by atoms with Gasteiger partial charge in [0.25, 0.3) is 0 Å². The minimum atomic E-state index is -2.33. The predicted octanol–water partition coefficient (Wildman–Crippen LogP) is -1.59. The number of Topliss-reactive ketones (excluding diaryl/α,β-unsaturated/α-hetero) is 1. The van der Waals surface area contributed by atoms with Crippen molar-refractivity contribution in [1.82, 2.24) is 0 Å². The molecule has 6 rings (SSSR count). The summed E-state index contributed by atoms with van der Waals surface area (Å²) in [5.74, 6) is -6.90. The quantitative estimate of drug-likeness (QED) is 0.0991. The molecule has 6 N–H and O–H groups in total. The molecule has 3 aliphatic carbocycles. The molecule has 0 amide bonds. The average molecular weight is 711 g/mol. The molecule has 0 radical (unpaired) electrons. The van der Waals surface area contributed by atoms with Crippen molar-refractivity contribution in [2.75, 3.05) is 20.3 Å². The van der Waals surface area contributed by atoms with Gasteiger partial charge in [0.2, 0.25) is 18.0 Å². The summed E-state index contributed by atoms with van der Waals surface area (Å²) in [7, 11) is 1.06. The van der Waals surface area contributed by atoms with E-state index in [1.165, 1.54) is 6.08 Å². The molecule has 6 aliphatic rings. The van der Waals surface area contributed by atoms with Gasteiger partial charge in [0.1, 0.15) is 36.6 Å². The lowest BCUT2D eigenvalue weighted by molar-refractivity contribution is -0.296. The average Bonchev–Trinajstić information content (AvgIpc) is 3.37. The van der Waals surface area contributed by atoms with Gasteiger partial charge in [0.05, 0.1) is 32.3 Å². The highest BCUT2D eigenvalue weighted by Gasteiger charge is 2.85. The first kappa shape index (κ1) is 36.8. The number of ketones is 1. The normalized spacial score (nSPS) is 46.9. The molecule has 2 bridgehead atoms. The Morgan fingerprint density at radius 3 is 2.34 bits per heavy atom. The molecule has 3 aliphatic heterocycles. The summed E-state index contributed by atoms with van der Waals surface area (Å²) in [5, 5.41) is 64.6. The Morgan fingerprint density at radius 1 is 1.04 bits per heavy atom. The molecule has 3 heterocycles. The molecule has 50 heavy (non-hydrogen) atoms. The van der Waals surface area contributed by atoms with Gasteiger partial charge in [-0.2, -0.15) is 0 Å². The molecule has 1 spiro atoms. The van der Waals surface area contributed by atoms with E-state index in [2.05, 4.69) is 0 Å². The molecule has 16 heteroatoms. The van der Waals surface area contributed by atoms with Crippen molar-refractivity contribution in [2.24, 2.45) is 34.5 Å². The monoisotopic (exact) mass is 710 g/mol. The number of fused-ring (bicyclic) bond motifs is 2. The van der Waals surface area contributed by atoms with E-state index in [9.17, 15) is 49.8 Å². The summed E-state index contributed by atoms with van der Waals surface area (Å²) >= 11 is 0. The van der Waals surface area contributed by atoms with E-state index < -0.39 is 120 Å². The van der Waals surface area contributed by atoms with Gasteiger partial charge < -0.3 is 59.1 Å². The number of hydrogen-bond donors (Lipinski definition) is 6. The van der Waals surface area contributed by atoms with Crippen LogP contribution in [0, 0.1) is 34.5 Å². The fourth-order valence-corrected chi connectivity index (χ4v) is 9.80. The highest BCUT2D eigenvalue weighted by Crippen LogP contribution is 2.73. The highest BCUT2D eigenvalue weighted by atomic mass is 16.7. The molecule has 0 aromatic rings. The van der Waals surface area contributed by atoms with Crippen LogP contribution in [-0.4, -0.2) is 135 Å². The summed E-state index contributed by atoms with van der Waals surface area (Å²) in [6, 6.07) is 0. The Bertz CT molecular complexity index is 1500. The lowest BCUT2D eigenvalue weighted by Gasteiger charge is -2.67. The summed E-state index contributed by atoms with van der Waals surface area (Å²) in [5.41, 5.74) is -3.97. The number of esters is 3. The Labute approximate surface area is 287 Å². The summed E-state index contributed by atoms with van der Waals surface area (Å²) < 4.78 is 34.3. The Balaban J connectivity index is 1.44. The van der Waals surface area contributed by atoms with Crippen molar-refractivity contribution in [3.8, 4) is 0 Å². The molecule has 3 saturated heterocycles. The minimum absolute atomic E-state index is 0.0225. The van der Waals surface area contributed by atoms with Gasteiger partial charge in [-0.15, -0.1) is 0 Å².